The predicted octanol–water partition coefficient (Wildman–Crippen LogP) is 2.62. The molecule has 0 aliphatic heterocycles. The number of aromatic carboxylic acids is 1. The van der Waals surface area contributed by atoms with Gasteiger partial charge in [-0.05, 0) is 53.2 Å². The Labute approximate surface area is 215 Å². The van der Waals surface area contributed by atoms with Crippen molar-refractivity contribution < 1.29 is 66.4 Å². The largest absolute Gasteiger partial charge is 1.00 e. The Morgan fingerprint density at radius 3 is 2.11 bits per heavy atom. The summed E-state index contributed by atoms with van der Waals surface area (Å²) in [5, 5.41) is 22.0. The van der Waals surface area contributed by atoms with E-state index in [1.807, 2.05) is 6.07 Å². The Balaban J connectivity index is 0.00000729. The Hall–Kier alpha value is 0.126. The number of hydrogen-bond donors (Lipinski definition) is 1. The summed E-state index contributed by atoms with van der Waals surface area (Å²) >= 11 is 0. The first-order valence-corrected chi connectivity index (χ1v) is 10.4. The van der Waals surface area contributed by atoms with Crippen molar-refractivity contribution in [3.05, 3.63) is 28.8 Å². The first-order valence-electron chi connectivity index (χ1n) is 10.4. The summed E-state index contributed by atoms with van der Waals surface area (Å²) in [5.74, 6) is -0.687. The standard InChI is InChI=1S/C24H40O3.K/c1-17(2)12-10-8-9-11-13-18-14-19(15-20(21(18)25)22(26)27)24(6,7)16-23(3,4)5;/h14-15,17,25H,8-13,16H2,1-7H3,(H,26,27);/q;+1/p-1. The second-order valence-electron chi connectivity index (χ2n) is 10.3. The van der Waals surface area contributed by atoms with Gasteiger partial charge in [-0.15, -0.1) is 0 Å². The van der Waals surface area contributed by atoms with Gasteiger partial charge in [0.15, 0.2) is 0 Å². The van der Waals surface area contributed by atoms with Crippen LogP contribution in [-0.4, -0.2) is 11.1 Å². The van der Waals surface area contributed by atoms with Crippen LogP contribution in [0.25, 0.3) is 0 Å². The van der Waals surface area contributed by atoms with Gasteiger partial charge in [-0.25, -0.2) is 0 Å². The van der Waals surface area contributed by atoms with Crippen LogP contribution in [0.2, 0.25) is 0 Å². The Morgan fingerprint density at radius 2 is 1.61 bits per heavy atom. The van der Waals surface area contributed by atoms with E-state index in [-0.39, 0.29) is 73.5 Å². The molecule has 0 saturated carbocycles. The van der Waals surface area contributed by atoms with Crippen LogP contribution in [0.3, 0.4) is 0 Å². The third-order valence-corrected chi connectivity index (χ3v) is 5.14. The van der Waals surface area contributed by atoms with Crippen LogP contribution >= 0.6 is 0 Å². The van der Waals surface area contributed by atoms with Crippen molar-refractivity contribution in [2.75, 3.05) is 0 Å². The van der Waals surface area contributed by atoms with Crippen molar-refractivity contribution in [3.8, 4) is 5.75 Å². The van der Waals surface area contributed by atoms with Gasteiger partial charge in [0, 0.05) is 5.56 Å². The van der Waals surface area contributed by atoms with E-state index in [0.29, 0.717) is 6.42 Å². The van der Waals surface area contributed by atoms with E-state index < -0.39 is 5.97 Å². The Bertz CT molecular complexity index is 627. The van der Waals surface area contributed by atoms with Gasteiger partial charge in [0.1, 0.15) is 5.75 Å². The molecule has 4 heteroatoms. The van der Waals surface area contributed by atoms with Crippen molar-refractivity contribution in [1.29, 1.82) is 0 Å². The van der Waals surface area contributed by atoms with Crippen LogP contribution in [0, 0.1) is 11.3 Å². The van der Waals surface area contributed by atoms with Crippen molar-refractivity contribution >= 4 is 5.97 Å². The number of aromatic hydroxyl groups is 1. The number of carboxylic acids is 1. The van der Waals surface area contributed by atoms with E-state index in [0.717, 1.165) is 36.3 Å². The van der Waals surface area contributed by atoms with Crippen LogP contribution in [0.1, 0.15) is 108 Å². The first-order chi connectivity index (χ1) is 12.3. The van der Waals surface area contributed by atoms with Gasteiger partial charge in [0.2, 0.25) is 0 Å². The molecule has 1 aromatic rings. The molecule has 154 valence electrons. The maximum Gasteiger partial charge on any atom is 1.00 e. The number of hydrogen-bond acceptors (Lipinski definition) is 3. The molecule has 0 bridgehead atoms. The molecule has 0 atom stereocenters. The molecule has 0 spiro atoms. The minimum atomic E-state index is -1.31. The second kappa shape index (κ2) is 12.1. The van der Waals surface area contributed by atoms with Gasteiger partial charge < -0.3 is 15.0 Å². The van der Waals surface area contributed by atoms with Crippen LogP contribution < -0.4 is 56.5 Å². The van der Waals surface area contributed by atoms with E-state index in [4.69, 9.17) is 0 Å². The molecule has 0 aliphatic carbocycles. The third kappa shape index (κ3) is 9.75. The summed E-state index contributed by atoms with van der Waals surface area (Å²) < 4.78 is 0. The van der Waals surface area contributed by atoms with Gasteiger partial charge >= 0.3 is 51.4 Å². The first kappa shape index (κ1) is 28.1. The van der Waals surface area contributed by atoms with Gasteiger partial charge in [0.05, 0.1) is 5.97 Å². The zero-order valence-corrected chi connectivity index (χ0v) is 22.6. The summed E-state index contributed by atoms with van der Waals surface area (Å²) in [5.41, 5.74) is 1.56. The minimum absolute atomic E-state index is 0. The molecule has 0 fully saturated rings. The number of phenols is 1. The summed E-state index contributed by atoms with van der Waals surface area (Å²) in [4.78, 5) is 11.5. The minimum Gasteiger partial charge on any atom is -0.545 e. The molecule has 0 amide bonds. The molecular weight excluding hydrogens is 375 g/mol. The molecule has 1 aromatic carbocycles. The number of benzene rings is 1. The molecule has 1 rings (SSSR count). The van der Waals surface area contributed by atoms with Crippen LogP contribution in [-0.2, 0) is 11.8 Å². The fourth-order valence-electron chi connectivity index (χ4n) is 4.08. The maximum absolute atomic E-state index is 11.5. The van der Waals surface area contributed by atoms with Gasteiger partial charge in [-0.2, -0.15) is 0 Å². The van der Waals surface area contributed by atoms with Crippen molar-refractivity contribution in [1.82, 2.24) is 0 Å². The molecule has 0 saturated heterocycles. The summed E-state index contributed by atoms with van der Waals surface area (Å²) in [7, 11) is 0. The summed E-state index contributed by atoms with van der Waals surface area (Å²) in [6.07, 6.45) is 7.34. The van der Waals surface area contributed by atoms with Gasteiger partial charge in [-0.1, -0.05) is 80.2 Å². The molecule has 0 unspecified atom stereocenters. The predicted molar refractivity (Wildman–Crippen MR) is 111 cm³/mol. The molecule has 3 nitrogen and oxygen atoms in total. The monoisotopic (exact) mass is 414 g/mol. The molecule has 0 aliphatic rings. The zero-order chi connectivity index (χ0) is 20.8. The fraction of sp³-hybridized carbons (Fsp3) is 0.708. The number of unbranched alkanes of at least 4 members (excludes halogenated alkanes) is 3. The second-order valence-corrected chi connectivity index (χ2v) is 10.3. The SMILES string of the molecule is CC(C)CCCCCCc1cc(C(C)(C)CC(C)(C)C)cc(C(=O)[O-])c1O.[K+]. The summed E-state index contributed by atoms with van der Waals surface area (Å²) in [6, 6.07) is 3.60. The average Bonchev–Trinajstić information content (AvgIpc) is 2.48. The Kier molecular flexibility index (Phi) is 12.1. The van der Waals surface area contributed by atoms with E-state index in [9.17, 15) is 15.0 Å². The summed E-state index contributed by atoms with van der Waals surface area (Å²) in [6.45, 7) is 15.3. The van der Waals surface area contributed by atoms with E-state index in [1.54, 1.807) is 6.07 Å². The van der Waals surface area contributed by atoms with Gasteiger partial charge in [0.25, 0.3) is 0 Å². The number of carbonyl (C=O) groups excluding carboxylic acids is 1. The van der Waals surface area contributed by atoms with E-state index in [1.165, 1.54) is 19.3 Å². The van der Waals surface area contributed by atoms with Crippen molar-refractivity contribution in [2.24, 2.45) is 11.3 Å². The number of rotatable bonds is 10. The zero-order valence-electron chi connectivity index (χ0n) is 19.4. The number of carbonyl (C=O) groups is 1. The van der Waals surface area contributed by atoms with E-state index in [2.05, 4.69) is 48.5 Å². The molecule has 0 aromatic heterocycles. The molecule has 28 heavy (non-hydrogen) atoms. The van der Waals surface area contributed by atoms with Crippen molar-refractivity contribution in [3.63, 3.8) is 0 Å². The van der Waals surface area contributed by atoms with Crippen LogP contribution in [0.4, 0.5) is 0 Å². The molecule has 0 radical (unpaired) electrons. The smallest absolute Gasteiger partial charge is 0.545 e. The van der Waals surface area contributed by atoms with Crippen molar-refractivity contribution in [2.45, 2.75) is 98.8 Å². The quantitative estimate of drug-likeness (QED) is 0.473. The third-order valence-electron chi connectivity index (χ3n) is 5.14. The normalized spacial score (nSPS) is 12.1. The molecular formula is C24H39KO3. The van der Waals surface area contributed by atoms with Crippen LogP contribution in [0.5, 0.6) is 5.75 Å². The molecule has 1 N–H and O–H groups in total. The molecule has 0 heterocycles. The number of aryl methyl sites for hydroxylation is 1. The fourth-order valence-corrected chi connectivity index (χ4v) is 4.08. The maximum atomic E-state index is 11.5. The number of carboxylic acid groups (broad SMARTS) is 1. The topological polar surface area (TPSA) is 60.4 Å². The van der Waals surface area contributed by atoms with E-state index >= 15 is 0 Å². The average molecular weight is 415 g/mol. The van der Waals surface area contributed by atoms with Crippen LogP contribution in [0.15, 0.2) is 12.1 Å². The van der Waals surface area contributed by atoms with Gasteiger partial charge in [-0.3, -0.25) is 0 Å². The Morgan fingerprint density at radius 1 is 1.04 bits per heavy atom.